The van der Waals surface area contributed by atoms with Crippen LogP contribution in [-0.4, -0.2) is 41.6 Å². The van der Waals surface area contributed by atoms with E-state index in [1.807, 2.05) is 60.8 Å². The van der Waals surface area contributed by atoms with Gasteiger partial charge in [0, 0.05) is 35.6 Å². The second kappa shape index (κ2) is 9.38. The summed E-state index contributed by atoms with van der Waals surface area (Å²) in [7, 11) is 0. The lowest BCUT2D eigenvalue weighted by Crippen LogP contribution is -2.34. The van der Waals surface area contributed by atoms with Crippen molar-refractivity contribution in [2.24, 2.45) is 5.92 Å². The Bertz CT molecular complexity index is 422. The zero-order valence-corrected chi connectivity index (χ0v) is 14.1. The van der Waals surface area contributed by atoms with Gasteiger partial charge in [-0.3, -0.25) is 4.79 Å². The van der Waals surface area contributed by atoms with Crippen molar-refractivity contribution in [1.29, 1.82) is 0 Å². The molecule has 0 amide bonds. The van der Waals surface area contributed by atoms with E-state index in [1.165, 1.54) is 17.3 Å². The van der Waals surface area contributed by atoms with Gasteiger partial charge in [0.1, 0.15) is 6.61 Å². The molecule has 1 N–H and O–H groups in total. The van der Waals surface area contributed by atoms with Crippen LogP contribution in [0.3, 0.4) is 0 Å². The van der Waals surface area contributed by atoms with Crippen molar-refractivity contribution in [2.45, 2.75) is 18.8 Å². The summed E-state index contributed by atoms with van der Waals surface area (Å²) < 4.78 is 5.34. The van der Waals surface area contributed by atoms with E-state index in [9.17, 15) is 4.79 Å². The summed E-state index contributed by atoms with van der Waals surface area (Å²) in [6.45, 7) is 3.95. The lowest BCUT2D eigenvalue weighted by molar-refractivity contribution is -0.149. The quantitative estimate of drug-likeness (QED) is 0.781. The molecule has 1 aliphatic heterocycles. The molecule has 1 aromatic carbocycles. The van der Waals surface area contributed by atoms with Gasteiger partial charge in [-0.1, -0.05) is 37.3 Å². The summed E-state index contributed by atoms with van der Waals surface area (Å²) in [4.78, 5) is 11.9. The minimum absolute atomic E-state index is 0.102. The first-order valence-electron chi connectivity index (χ1n) is 7.36. The molecule has 1 saturated heterocycles. The fraction of sp³-hybridized carbons (Fsp3) is 0.562. The van der Waals surface area contributed by atoms with Gasteiger partial charge in [0.25, 0.3) is 0 Å². The molecule has 3 nitrogen and oxygen atoms in total. The average Bonchev–Trinajstić information content (AvgIpc) is 2.54. The van der Waals surface area contributed by atoms with Crippen LogP contribution in [0.1, 0.15) is 12.5 Å². The van der Waals surface area contributed by atoms with Crippen molar-refractivity contribution in [3.8, 4) is 0 Å². The molecule has 116 valence electrons. The Morgan fingerprint density at radius 2 is 2.19 bits per heavy atom. The Hall–Kier alpha value is -0.650. The third kappa shape index (κ3) is 6.32. The number of carbonyl (C=O) groups is 1. The van der Waals surface area contributed by atoms with E-state index >= 15 is 0 Å². The Kier molecular flexibility index (Phi) is 7.47. The maximum absolute atomic E-state index is 11.9. The van der Waals surface area contributed by atoms with Gasteiger partial charge in [-0.25, -0.2) is 0 Å². The maximum Gasteiger partial charge on any atom is 0.310 e. The topological polar surface area (TPSA) is 38.3 Å². The van der Waals surface area contributed by atoms with E-state index in [1.54, 1.807) is 0 Å². The highest BCUT2D eigenvalue weighted by Gasteiger charge is 2.17. The van der Waals surface area contributed by atoms with E-state index in [0.717, 1.165) is 12.1 Å². The average molecular weight is 325 g/mol. The molecule has 0 radical (unpaired) electrons. The third-order valence-corrected chi connectivity index (χ3v) is 6.18. The number of benzene rings is 1. The predicted octanol–water partition coefficient (Wildman–Crippen LogP) is 2.80. The molecule has 0 saturated carbocycles. The van der Waals surface area contributed by atoms with Gasteiger partial charge in [0.05, 0.1) is 5.92 Å². The van der Waals surface area contributed by atoms with Crippen LogP contribution < -0.4 is 5.32 Å². The SMILES string of the molecule is CC(CNCC1CSCCS1)C(=O)OCc1ccccc1. The standard InChI is InChI=1S/C16H23NO2S2/c1-13(9-17-10-15-12-20-7-8-21-15)16(18)19-11-14-5-3-2-4-6-14/h2-6,13,15,17H,7-12H2,1H3. The van der Waals surface area contributed by atoms with E-state index in [2.05, 4.69) is 5.32 Å². The number of carbonyl (C=O) groups excluding carboxylic acids is 1. The highest BCUT2D eigenvalue weighted by molar-refractivity contribution is 8.06. The first-order valence-corrected chi connectivity index (χ1v) is 9.56. The van der Waals surface area contributed by atoms with E-state index in [0.29, 0.717) is 18.4 Å². The lowest BCUT2D eigenvalue weighted by atomic mass is 10.2. The minimum atomic E-state index is -0.128. The predicted molar refractivity (Wildman–Crippen MR) is 91.8 cm³/mol. The molecule has 0 aliphatic carbocycles. The second-order valence-corrected chi connectivity index (χ2v) is 7.78. The van der Waals surface area contributed by atoms with Crippen LogP contribution in [0.25, 0.3) is 0 Å². The number of ether oxygens (including phenoxy) is 1. The zero-order valence-electron chi connectivity index (χ0n) is 12.4. The van der Waals surface area contributed by atoms with Gasteiger partial charge in [-0.15, -0.1) is 0 Å². The van der Waals surface area contributed by atoms with Gasteiger partial charge in [-0.05, 0) is 5.56 Å². The molecule has 0 bridgehead atoms. The van der Waals surface area contributed by atoms with Crippen LogP contribution in [0, 0.1) is 5.92 Å². The largest absolute Gasteiger partial charge is 0.461 e. The molecular weight excluding hydrogens is 302 g/mol. The van der Waals surface area contributed by atoms with Crippen molar-refractivity contribution in [3.63, 3.8) is 0 Å². The number of hydrogen-bond donors (Lipinski definition) is 1. The zero-order chi connectivity index (χ0) is 14.9. The molecule has 1 heterocycles. The summed E-state index contributed by atoms with van der Waals surface area (Å²) >= 11 is 4.05. The van der Waals surface area contributed by atoms with E-state index < -0.39 is 0 Å². The Labute approximate surface area is 135 Å². The molecule has 0 spiro atoms. The number of nitrogens with one attached hydrogen (secondary N) is 1. The lowest BCUT2D eigenvalue weighted by Gasteiger charge is -2.22. The molecular formula is C16H23NO2S2. The fourth-order valence-electron chi connectivity index (χ4n) is 2.07. The smallest absolute Gasteiger partial charge is 0.310 e. The summed E-state index contributed by atoms with van der Waals surface area (Å²) in [5.74, 6) is 3.49. The van der Waals surface area contributed by atoms with Crippen LogP contribution >= 0.6 is 23.5 Å². The van der Waals surface area contributed by atoms with Crippen molar-refractivity contribution >= 4 is 29.5 Å². The monoisotopic (exact) mass is 325 g/mol. The summed E-state index contributed by atoms with van der Waals surface area (Å²) in [6, 6.07) is 9.80. The Morgan fingerprint density at radius 3 is 2.90 bits per heavy atom. The van der Waals surface area contributed by atoms with Crippen LogP contribution in [0.15, 0.2) is 30.3 Å². The van der Waals surface area contributed by atoms with Gasteiger partial charge < -0.3 is 10.1 Å². The van der Waals surface area contributed by atoms with Crippen LogP contribution in [0.5, 0.6) is 0 Å². The minimum Gasteiger partial charge on any atom is -0.461 e. The summed E-state index contributed by atoms with van der Waals surface area (Å²) in [5.41, 5.74) is 1.03. The molecule has 2 atom stereocenters. The van der Waals surface area contributed by atoms with Crippen LogP contribution in [0.4, 0.5) is 0 Å². The first-order chi connectivity index (χ1) is 10.3. The van der Waals surface area contributed by atoms with Gasteiger partial charge in [-0.2, -0.15) is 23.5 Å². The number of hydrogen-bond acceptors (Lipinski definition) is 5. The molecule has 1 fully saturated rings. The second-order valence-electron chi connectivity index (χ2n) is 5.22. The number of thioether (sulfide) groups is 2. The molecule has 0 aromatic heterocycles. The van der Waals surface area contributed by atoms with Crippen molar-refractivity contribution < 1.29 is 9.53 Å². The van der Waals surface area contributed by atoms with Crippen molar-refractivity contribution in [2.75, 3.05) is 30.3 Å². The van der Waals surface area contributed by atoms with Gasteiger partial charge in [0.15, 0.2) is 0 Å². The van der Waals surface area contributed by atoms with Gasteiger partial charge in [0.2, 0.25) is 0 Å². The first kappa shape index (κ1) is 16.7. The summed E-state index contributed by atoms with van der Waals surface area (Å²) in [5, 5.41) is 4.08. The highest BCUT2D eigenvalue weighted by Crippen LogP contribution is 2.23. The molecule has 2 unspecified atom stereocenters. The van der Waals surface area contributed by atoms with E-state index in [4.69, 9.17) is 4.74 Å². The normalized spacial score (nSPS) is 20.0. The van der Waals surface area contributed by atoms with Crippen LogP contribution in [-0.2, 0) is 16.1 Å². The molecule has 2 rings (SSSR count). The van der Waals surface area contributed by atoms with Crippen molar-refractivity contribution in [1.82, 2.24) is 5.32 Å². The molecule has 21 heavy (non-hydrogen) atoms. The number of rotatable bonds is 7. The Balaban J connectivity index is 1.60. The third-order valence-electron chi connectivity index (χ3n) is 3.33. The molecule has 1 aliphatic rings. The maximum atomic E-state index is 11.9. The fourth-order valence-corrected chi connectivity index (χ4v) is 4.72. The molecule has 5 heteroatoms. The summed E-state index contributed by atoms with van der Waals surface area (Å²) in [6.07, 6.45) is 0. The van der Waals surface area contributed by atoms with Crippen molar-refractivity contribution in [3.05, 3.63) is 35.9 Å². The molecule has 1 aromatic rings. The Morgan fingerprint density at radius 1 is 1.38 bits per heavy atom. The van der Waals surface area contributed by atoms with Crippen LogP contribution in [0.2, 0.25) is 0 Å². The highest BCUT2D eigenvalue weighted by atomic mass is 32.2. The van der Waals surface area contributed by atoms with E-state index in [-0.39, 0.29) is 11.9 Å². The van der Waals surface area contributed by atoms with Gasteiger partial charge >= 0.3 is 5.97 Å². The number of esters is 1.